The maximum atomic E-state index is 9.84. The Morgan fingerprint density at radius 2 is 2.10 bits per heavy atom. The summed E-state index contributed by atoms with van der Waals surface area (Å²) in [6, 6.07) is -0.280. The summed E-state index contributed by atoms with van der Waals surface area (Å²) in [6.45, 7) is 0.468. The molecule has 0 fully saturated rings. The minimum atomic E-state index is -2.76. The summed E-state index contributed by atoms with van der Waals surface area (Å²) in [6.07, 6.45) is 0.573. The third-order valence-electron chi connectivity index (χ3n) is 0.931. The van der Waals surface area contributed by atoms with Crippen molar-refractivity contribution < 1.29 is 12.6 Å². The van der Waals surface area contributed by atoms with Gasteiger partial charge in [0.25, 0.3) is 11.0 Å². The summed E-state index contributed by atoms with van der Waals surface area (Å²) in [5.74, 6) is 0. The summed E-state index contributed by atoms with van der Waals surface area (Å²) in [5, 5.41) is 0. The number of hydrogen-bond acceptors (Lipinski definition) is 5. The standard InChI is InChI=1S/C4H12N2O3S/c5-2-1-4(6)3-9-10(7)8/h4,10H,1-3,5-6H2. The second kappa shape index (κ2) is 5.60. The smallest absolute Gasteiger partial charge is 0.257 e. The first kappa shape index (κ1) is 9.83. The van der Waals surface area contributed by atoms with Crippen molar-refractivity contribution in [3.05, 3.63) is 0 Å². The molecule has 0 saturated carbocycles. The van der Waals surface area contributed by atoms with Crippen molar-refractivity contribution in [2.24, 2.45) is 11.5 Å². The zero-order chi connectivity index (χ0) is 7.98. The summed E-state index contributed by atoms with van der Waals surface area (Å²) >= 11 is 0. The van der Waals surface area contributed by atoms with E-state index in [0.717, 1.165) is 0 Å². The van der Waals surface area contributed by atoms with E-state index in [4.69, 9.17) is 11.5 Å². The van der Waals surface area contributed by atoms with Crippen LogP contribution in [-0.2, 0) is 15.2 Å². The van der Waals surface area contributed by atoms with Crippen LogP contribution in [0.2, 0.25) is 0 Å². The monoisotopic (exact) mass is 168 g/mol. The summed E-state index contributed by atoms with van der Waals surface area (Å²) in [4.78, 5) is 0. The molecule has 1 atom stereocenters. The van der Waals surface area contributed by atoms with Gasteiger partial charge in [-0.2, -0.15) is 0 Å². The van der Waals surface area contributed by atoms with Gasteiger partial charge in [0.1, 0.15) is 0 Å². The quantitative estimate of drug-likeness (QED) is 0.421. The molecule has 0 bridgehead atoms. The number of rotatable bonds is 5. The molecule has 4 N–H and O–H groups in total. The van der Waals surface area contributed by atoms with Crippen LogP contribution in [0.3, 0.4) is 0 Å². The van der Waals surface area contributed by atoms with Gasteiger partial charge in [0.05, 0.1) is 6.61 Å². The van der Waals surface area contributed by atoms with Crippen LogP contribution in [-0.4, -0.2) is 27.6 Å². The van der Waals surface area contributed by atoms with E-state index in [0.29, 0.717) is 13.0 Å². The van der Waals surface area contributed by atoms with E-state index in [2.05, 4.69) is 4.18 Å². The molecule has 5 nitrogen and oxygen atoms in total. The van der Waals surface area contributed by atoms with Crippen LogP contribution in [0.4, 0.5) is 0 Å². The van der Waals surface area contributed by atoms with Crippen LogP contribution in [0.15, 0.2) is 0 Å². The topological polar surface area (TPSA) is 95.4 Å². The second-order valence-electron chi connectivity index (χ2n) is 1.86. The molecule has 0 heterocycles. The third-order valence-corrected chi connectivity index (χ3v) is 1.29. The van der Waals surface area contributed by atoms with Gasteiger partial charge in [-0.25, -0.2) is 8.42 Å². The lowest BCUT2D eigenvalue weighted by molar-refractivity contribution is 0.299. The van der Waals surface area contributed by atoms with Crippen molar-refractivity contribution in [2.45, 2.75) is 12.5 Å². The fourth-order valence-corrected chi connectivity index (χ4v) is 0.767. The van der Waals surface area contributed by atoms with Gasteiger partial charge in [-0.05, 0) is 13.0 Å². The molecule has 0 amide bonds. The molecule has 0 aromatic carbocycles. The van der Waals surface area contributed by atoms with Crippen molar-refractivity contribution in [3.8, 4) is 0 Å². The average molecular weight is 168 g/mol. The number of thiol groups is 1. The molecular formula is C4H12N2O3S. The van der Waals surface area contributed by atoms with E-state index in [1.54, 1.807) is 0 Å². The molecular weight excluding hydrogens is 156 g/mol. The zero-order valence-corrected chi connectivity index (χ0v) is 6.42. The highest BCUT2D eigenvalue weighted by Crippen LogP contribution is 1.86. The van der Waals surface area contributed by atoms with Crippen molar-refractivity contribution in [3.63, 3.8) is 0 Å². The summed E-state index contributed by atoms with van der Waals surface area (Å²) < 4.78 is 23.9. The molecule has 1 unspecified atom stereocenters. The normalized spacial score (nSPS) is 13.9. The van der Waals surface area contributed by atoms with Gasteiger partial charge in [0, 0.05) is 6.04 Å². The maximum Gasteiger partial charge on any atom is 0.257 e. The molecule has 0 saturated heterocycles. The molecule has 0 aliphatic carbocycles. The van der Waals surface area contributed by atoms with E-state index in [9.17, 15) is 8.42 Å². The Labute approximate surface area is 61.5 Å². The lowest BCUT2D eigenvalue weighted by atomic mass is 10.2. The van der Waals surface area contributed by atoms with Crippen LogP contribution in [0, 0.1) is 0 Å². The highest BCUT2D eigenvalue weighted by molar-refractivity contribution is 7.67. The molecule has 62 valence electrons. The Balaban J connectivity index is 3.29. The lowest BCUT2D eigenvalue weighted by Gasteiger charge is -2.05. The van der Waals surface area contributed by atoms with Crippen LogP contribution < -0.4 is 11.5 Å². The fourth-order valence-electron chi connectivity index (χ4n) is 0.454. The van der Waals surface area contributed by atoms with Crippen molar-refractivity contribution >= 4 is 11.0 Å². The average Bonchev–Trinajstić information content (AvgIpc) is 1.85. The first-order valence-electron chi connectivity index (χ1n) is 2.89. The Hall–Kier alpha value is -0.170. The number of nitrogens with two attached hydrogens (primary N) is 2. The Kier molecular flexibility index (Phi) is 5.51. The van der Waals surface area contributed by atoms with E-state index < -0.39 is 11.0 Å². The van der Waals surface area contributed by atoms with Gasteiger partial charge < -0.3 is 11.5 Å². The SMILES string of the molecule is NCCC(N)CO[SH](=O)=O. The van der Waals surface area contributed by atoms with Gasteiger partial charge in [-0.3, -0.25) is 4.18 Å². The van der Waals surface area contributed by atoms with Crippen LogP contribution in [0.25, 0.3) is 0 Å². The molecule has 0 aliphatic rings. The molecule has 0 rings (SSSR count). The van der Waals surface area contributed by atoms with Gasteiger partial charge in [0.15, 0.2) is 0 Å². The molecule has 0 aromatic rings. The molecule has 0 spiro atoms. The highest BCUT2D eigenvalue weighted by Gasteiger charge is 2.00. The summed E-state index contributed by atoms with van der Waals surface area (Å²) in [7, 11) is -2.76. The van der Waals surface area contributed by atoms with Crippen LogP contribution >= 0.6 is 0 Å². The Morgan fingerprint density at radius 1 is 1.50 bits per heavy atom. The van der Waals surface area contributed by atoms with E-state index in [-0.39, 0.29) is 12.6 Å². The second-order valence-corrected chi connectivity index (χ2v) is 2.56. The van der Waals surface area contributed by atoms with Gasteiger partial charge in [-0.15, -0.1) is 0 Å². The molecule has 0 aromatic heterocycles. The van der Waals surface area contributed by atoms with Gasteiger partial charge in [-0.1, -0.05) is 0 Å². The largest absolute Gasteiger partial charge is 0.330 e. The van der Waals surface area contributed by atoms with E-state index >= 15 is 0 Å². The Bertz CT molecular complexity index is 139. The van der Waals surface area contributed by atoms with Crippen LogP contribution in [0.5, 0.6) is 0 Å². The molecule has 10 heavy (non-hydrogen) atoms. The van der Waals surface area contributed by atoms with E-state index in [1.807, 2.05) is 0 Å². The number of hydrogen-bond donors (Lipinski definition) is 3. The first-order valence-corrected chi connectivity index (χ1v) is 3.99. The Morgan fingerprint density at radius 3 is 2.50 bits per heavy atom. The predicted octanol–water partition coefficient (Wildman–Crippen LogP) is -1.79. The molecule has 0 aliphatic heterocycles. The third kappa shape index (κ3) is 5.96. The van der Waals surface area contributed by atoms with Crippen LogP contribution in [0.1, 0.15) is 6.42 Å². The summed E-state index contributed by atoms with van der Waals surface area (Å²) in [5.41, 5.74) is 10.5. The lowest BCUT2D eigenvalue weighted by Crippen LogP contribution is -2.28. The minimum absolute atomic E-state index is 0.0237. The van der Waals surface area contributed by atoms with Gasteiger partial charge >= 0.3 is 0 Å². The fraction of sp³-hybridized carbons (Fsp3) is 1.00. The highest BCUT2D eigenvalue weighted by atomic mass is 32.2. The first-order chi connectivity index (χ1) is 4.66. The van der Waals surface area contributed by atoms with Crippen molar-refractivity contribution in [2.75, 3.05) is 13.2 Å². The van der Waals surface area contributed by atoms with Gasteiger partial charge in [0.2, 0.25) is 0 Å². The minimum Gasteiger partial charge on any atom is -0.330 e. The van der Waals surface area contributed by atoms with Crippen molar-refractivity contribution in [1.82, 2.24) is 0 Å². The van der Waals surface area contributed by atoms with E-state index in [1.165, 1.54) is 0 Å². The molecule has 6 heteroatoms. The molecule has 0 radical (unpaired) electrons. The zero-order valence-electron chi connectivity index (χ0n) is 5.53. The van der Waals surface area contributed by atoms with Crippen molar-refractivity contribution in [1.29, 1.82) is 0 Å². The predicted molar refractivity (Wildman–Crippen MR) is 37.9 cm³/mol. The maximum absolute atomic E-state index is 9.84.